The van der Waals surface area contributed by atoms with Crippen molar-refractivity contribution in [2.45, 2.75) is 0 Å². The summed E-state index contributed by atoms with van der Waals surface area (Å²) < 4.78 is 22.0. The van der Waals surface area contributed by atoms with Crippen molar-refractivity contribution < 1.29 is 18.3 Å². The zero-order valence-electron chi connectivity index (χ0n) is 12.7. The number of hydrogen-bond acceptors (Lipinski definition) is 9. The van der Waals surface area contributed by atoms with Crippen molar-refractivity contribution in [2.24, 2.45) is 0 Å². The summed E-state index contributed by atoms with van der Waals surface area (Å²) in [6.45, 7) is 0.188. The van der Waals surface area contributed by atoms with Crippen LogP contribution in [0.1, 0.15) is 0 Å². The monoisotopic (exact) mass is 364 g/mol. The maximum Gasteiger partial charge on any atom is 0.301 e. The van der Waals surface area contributed by atoms with Gasteiger partial charge in [-0.2, -0.15) is 0 Å². The van der Waals surface area contributed by atoms with Crippen LogP contribution in [0.25, 0.3) is 0 Å². The molecule has 0 amide bonds. The van der Waals surface area contributed by atoms with Gasteiger partial charge in [0.25, 0.3) is 0 Å². The van der Waals surface area contributed by atoms with Gasteiger partial charge in [-0.15, -0.1) is 0 Å². The standard InChI is InChI=1S/C11H16N4O6S2/c1-13(2)11-9(14(16)17)6-8(7-10(11)15(18)19)12-4-5-22-23(3,20)21/h6-7,12H,4-5H2,1-3H3. The highest BCUT2D eigenvalue weighted by Gasteiger charge is 2.28. The first kappa shape index (κ1) is 19.0. The lowest BCUT2D eigenvalue weighted by atomic mass is 10.2. The van der Waals surface area contributed by atoms with Gasteiger partial charge >= 0.3 is 11.4 Å². The Morgan fingerprint density at radius 3 is 2.00 bits per heavy atom. The Hall–Kier alpha value is -2.08. The zero-order valence-corrected chi connectivity index (χ0v) is 14.3. The molecule has 128 valence electrons. The second-order valence-corrected chi connectivity index (χ2v) is 9.30. The minimum atomic E-state index is -3.19. The number of nitro benzene ring substituents is 2. The molecule has 0 aliphatic carbocycles. The molecule has 1 aromatic carbocycles. The highest BCUT2D eigenvalue weighted by atomic mass is 33.1. The number of nitrogens with one attached hydrogen (secondary N) is 1. The highest BCUT2D eigenvalue weighted by molar-refractivity contribution is 8.71. The van der Waals surface area contributed by atoms with Crippen molar-refractivity contribution in [3.63, 3.8) is 0 Å². The number of anilines is 2. The van der Waals surface area contributed by atoms with Crippen LogP contribution in [0, 0.1) is 20.2 Å². The fourth-order valence-electron chi connectivity index (χ4n) is 1.83. The predicted molar refractivity (Wildman–Crippen MR) is 89.9 cm³/mol. The molecule has 0 spiro atoms. The van der Waals surface area contributed by atoms with Crippen molar-refractivity contribution in [1.82, 2.24) is 0 Å². The van der Waals surface area contributed by atoms with Crippen LogP contribution in [0.15, 0.2) is 12.1 Å². The van der Waals surface area contributed by atoms with Gasteiger partial charge in [-0.25, -0.2) is 8.42 Å². The topological polar surface area (TPSA) is 136 Å². The van der Waals surface area contributed by atoms with E-state index in [0.29, 0.717) is 10.8 Å². The third-order valence-electron chi connectivity index (χ3n) is 2.64. The van der Waals surface area contributed by atoms with Crippen LogP contribution in [0.4, 0.5) is 22.7 Å². The van der Waals surface area contributed by atoms with Crippen molar-refractivity contribution in [3.05, 3.63) is 32.4 Å². The quantitative estimate of drug-likeness (QED) is 0.316. The first-order valence-corrected chi connectivity index (χ1v) is 9.64. The van der Waals surface area contributed by atoms with Crippen LogP contribution < -0.4 is 10.2 Å². The molecule has 23 heavy (non-hydrogen) atoms. The Balaban J connectivity index is 3.10. The van der Waals surface area contributed by atoms with Crippen LogP contribution in [-0.4, -0.2) is 50.9 Å². The first-order chi connectivity index (χ1) is 10.5. The summed E-state index contributed by atoms with van der Waals surface area (Å²) in [5.74, 6) is 0.204. The molecule has 0 saturated heterocycles. The van der Waals surface area contributed by atoms with Crippen molar-refractivity contribution in [3.8, 4) is 0 Å². The Morgan fingerprint density at radius 1 is 1.17 bits per heavy atom. The Labute approximate surface area is 136 Å². The minimum Gasteiger partial charge on any atom is -0.384 e. The number of rotatable bonds is 8. The van der Waals surface area contributed by atoms with Gasteiger partial charge in [0, 0.05) is 50.5 Å². The average Bonchev–Trinajstić information content (AvgIpc) is 2.41. The third kappa shape index (κ3) is 5.56. The zero-order chi connectivity index (χ0) is 17.8. The minimum absolute atomic E-state index is 0.101. The van der Waals surface area contributed by atoms with Gasteiger partial charge in [-0.05, 0) is 10.8 Å². The van der Waals surface area contributed by atoms with Crippen molar-refractivity contribution in [2.75, 3.05) is 42.9 Å². The Morgan fingerprint density at radius 2 is 1.65 bits per heavy atom. The SMILES string of the molecule is CN(C)c1c([N+](=O)[O-])cc(NCCSS(C)(=O)=O)cc1[N+](=O)[O-]. The maximum absolute atomic E-state index is 11.2. The molecule has 12 heteroatoms. The molecule has 0 bridgehead atoms. The summed E-state index contributed by atoms with van der Waals surface area (Å²) in [5.41, 5.74) is -0.718. The van der Waals surface area contributed by atoms with Gasteiger partial charge in [0.15, 0.2) is 14.6 Å². The molecule has 0 radical (unpaired) electrons. The number of hydrogen-bond donors (Lipinski definition) is 1. The number of nitro groups is 2. The van der Waals surface area contributed by atoms with E-state index >= 15 is 0 Å². The van der Waals surface area contributed by atoms with E-state index in [1.54, 1.807) is 0 Å². The molecule has 0 aliphatic heterocycles. The van der Waals surface area contributed by atoms with E-state index in [1.807, 2.05) is 0 Å². The van der Waals surface area contributed by atoms with E-state index in [9.17, 15) is 28.6 Å². The molecule has 0 saturated carbocycles. The predicted octanol–water partition coefficient (Wildman–Crippen LogP) is 1.67. The van der Waals surface area contributed by atoms with Crippen molar-refractivity contribution in [1.29, 1.82) is 0 Å². The molecule has 1 aromatic rings. The fraction of sp³-hybridized carbons (Fsp3) is 0.455. The lowest BCUT2D eigenvalue weighted by molar-refractivity contribution is -0.392. The molecular formula is C11H16N4O6S2. The molecule has 0 unspecified atom stereocenters. The van der Waals surface area contributed by atoms with Crippen LogP contribution in [0.3, 0.4) is 0 Å². The average molecular weight is 364 g/mol. The molecule has 1 N–H and O–H groups in total. The van der Waals surface area contributed by atoms with Gasteiger partial charge in [-0.1, -0.05) is 0 Å². The van der Waals surface area contributed by atoms with E-state index < -0.39 is 30.1 Å². The van der Waals surface area contributed by atoms with E-state index in [1.165, 1.54) is 31.1 Å². The summed E-state index contributed by atoms with van der Waals surface area (Å²) in [4.78, 5) is 22.2. The fourth-order valence-corrected chi connectivity index (χ4v) is 3.48. The van der Waals surface area contributed by atoms with Crippen LogP contribution in [0.2, 0.25) is 0 Å². The molecule has 10 nitrogen and oxygen atoms in total. The summed E-state index contributed by atoms with van der Waals surface area (Å²) in [6.07, 6.45) is 1.07. The highest BCUT2D eigenvalue weighted by Crippen LogP contribution is 2.39. The van der Waals surface area contributed by atoms with Crippen LogP contribution in [0.5, 0.6) is 0 Å². The van der Waals surface area contributed by atoms with Gasteiger partial charge in [0.1, 0.15) is 0 Å². The van der Waals surface area contributed by atoms with Crippen molar-refractivity contribution >= 4 is 42.4 Å². The van der Waals surface area contributed by atoms with Gasteiger partial charge in [0.2, 0.25) is 0 Å². The second kappa shape index (κ2) is 7.46. The molecule has 0 heterocycles. The lowest BCUT2D eigenvalue weighted by Crippen LogP contribution is -2.14. The normalized spacial score (nSPS) is 11.1. The molecule has 0 fully saturated rings. The van der Waals surface area contributed by atoms with Gasteiger partial charge in [0.05, 0.1) is 9.85 Å². The van der Waals surface area contributed by atoms with E-state index in [4.69, 9.17) is 0 Å². The van der Waals surface area contributed by atoms with E-state index in [-0.39, 0.29) is 23.7 Å². The third-order valence-corrected chi connectivity index (χ3v) is 5.22. The summed E-state index contributed by atoms with van der Waals surface area (Å²) >= 11 is 0. The van der Waals surface area contributed by atoms with Crippen LogP contribution in [-0.2, 0) is 8.87 Å². The van der Waals surface area contributed by atoms with Gasteiger partial charge < -0.3 is 10.2 Å². The molecule has 0 aromatic heterocycles. The van der Waals surface area contributed by atoms with Crippen LogP contribution >= 0.6 is 10.8 Å². The lowest BCUT2D eigenvalue weighted by Gasteiger charge is -2.14. The van der Waals surface area contributed by atoms with E-state index in [2.05, 4.69) is 5.32 Å². The number of benzene rings is 1. The van der Waals surface area contributed by atoms with E-state index in [0.717, 1.165) is 6.26 Å². The maximum atomic E-state index is 11.2. The molecular weight excluding hydrogens is 348 g/mol. The second-order valence-electron chi connectivity index (χ2n) is 4.72. The molecule has 1 rings (SSSR count). The Bertz CT molecular complexity index is 684. The smallest absolute Gasteiger partial charge is 0.301 e. The largest absolute Gasteiger partial charge is 0.384 e. The summed E-state index contributed by atoms with van der Waals surface area (Å²) in [6, 6.07) is 2.38. The molecule has 0 atom stereocenters. The summed E-state index contributed by atoms with van der Waals surface area (Å²) in [5, 5.41) is 25.1. The molecule has 0 aliphatic rings. The summed E-state index contributed by atoms with van der Waals surface area (Å²) in [7, 11) is 0.484. The number of nitrogens with zero attached hydrogens (tertiary/aromatic N) is 3. The van der Waals surface area contributed by atoms with Gasteiger partial charge in [-0.3, -0.25) is 20.2 Å². The first-order valence-electron chi connectivity index (χ1n) is 6.25. The Kier molecular flexibility index (Phi) is 6.15.